The summed E-state index contributed by atoms with van der Waals surface area (Å²) in [4.78, 5) is 13.7. The maximum atomic E-state index is 13.7. The first-order valence-electron chi connectivity index (χ1n) is 7.18. The molecule has 3 rings (SSSR count). The summed E-state index contributed by atoms with van der Waals surface area (Å²) in [6, 6.07) is 6.71. The Morgan fingerprint density at radius 1 is 1.26 bits per heavy atom. The third kappa shape index (κ3) is 3.24. The second kappa shape index (κ2) is 6.31. The Hall–Kier alpha value is -1.90. The number of aromatic nitrogens is 3. The van der Waals surface area contributed by atoms with Crippen molar-refractivity contribution in [1.29, 1.82) is 0 Å². The average molecular weight is 425 g/mol. The van der Waals surface area contributed by atoms with Crippen LogP contribution in [0.3, 0.4) is 0 Å². The van der Waals surface area contributed by atoms with Gasteiger partial charge < -0.3 is 15.2 Å². The highest BCUT2D eigenvalue weighted by Gasteiger charge is 2.16. The number of anilines is 2. The lowest BCUT2D eigenvalue weighted by molar-refractivity contribution is 0.623. The van der Waals surface area contributed by atoms with Crippen molar-refractivity contribution in [2.24, 2.45) is 0 Å². The molecular formula is C16H17FIN5. The maximum absolute atomic E-state index is 13.7. The third-order valence-electron chi connectivity index (χ3n) is 3.68. The van der Waals surface area contributed by atoms with Gasteiger partial charge in [-0.15, -0.1) is 0 Å². The lowest BCUT2D eigenvalue weighted by Crippen LogP contribution is -2.16. The first-order valence-corrected chi connectivity index (χ1v) is 8.26. The van der Waals surface area contributed by atoms with Crippen LogP contribution in [0.5, 0.6) is 0 Å². The second-order valence-electron chi connectivity index (χ2n) is 5.57. The van der Waals surface area contributed by atoms with Gasteiger partial charge in [-0.25, -0.2) is 14.4 Å². The lowest BCUT2D eigenvalue weighted by atomic mass is 10.0. The van der Waals surface area contributed by atoms with E-state index in [2.05, 4.69) is 42.9 Å². The summed E-state index contributed by atoms with van der Waals surface area (Å²) in [6.45, 7) is 1.99. The molecule has 23 heavy (non-hydrogen) atoms. The van der Waals surface area contributed by atoms with E-state index in [1.807, 2.05) is 32.0 Å². The normalized spacial score (nSPS) is 12.4. The van der Waals surface area contributed by atoms with Gasteiger partial charge in [-0.1, -0.05) is 0 Å². The van der Waals surface area contributed by atoms with Crippen LogP contribution in [0.25, 0.3) is 11.0 Å². The number of rotatable bonds is 4. The van der Waals surface area contributed by atoms with Gasteiger partial charge in [-0.2, -0.15) is 0 Å². The van der Waals surface area contributed by atoms with Crippen LogP contribution in [0, 0.1) is 9.52 Å². The van der Waals surface area contributed by atoms with Crippen LogP contribution < -0.4 is 10.2 Å². The first-order chi connectivity index (χ1) is 11.0. The fourth-order valence-electron chi connectivity index (χ4n) is 2.59. The fraction of sp³-hybridized carbons (Fsp3) is 0.250. The highest BCUT2D eigenvalue weighted by molar-refractivity contribution is 14.1. The minimum absolute atomic E-state index is 0.103. The van der Waals surface area contributed by atoms with E-state index in [1.54, 1.807) is 12.1 Å². The number of nitrogens with zero attached hydrogens (tertiary/aromatic N) is 3. The topological polar surface area (TPSA) is 56.8 Å². The lowest BCUT2D eigenvalue weighted by Gasteiger charge is -2.23. The van der Waals surface area contributed by atoms with Crippen LogP contribution in [0.2, 0.25) is 0 Å². The standard InChI is InChI=1S/C16H17FIN5/c1-9(11-6-10(17)4-5-13(11)23(2)3)21-15-12-7-14(18)22-16(12)20-8-19-15/h4-9H,1-3H3,(H2,19,20,21,22). The number of hydrogen-bond donors (Lipinski definition) is 2. The molecule has 7 heteroatoms. The molecule has 5 nitrogen and oxygen atoms in total. The van der Waals surface area contributed by atoms with Crippen molar-refractivity contribution in [2.45, 2.75) is 13.0 Å². The zero-order valence-corrected chi connectivity index (χ0v) is 15.2. The molecule has 0 radical (unpaired) electrons. The summed E-state index contributed by atoms with van der Waals surface area (Å²) in [6.07, 6.45) is 1.52. The molecule has 0 spiro atoms. The Labute approximate surface area is 147 Å². The van der Waals surface area contributed by atoms with Crippen molar-refractivity contribution < 1.29 is 4.39 Å². The van der Waals surface area contributed by atoms with Crippen LogP contribution in [-0.2, 0) is 0 Å². The predicted octanol–water partition coefficient (Wildman–Crippen LogP) is 3.94. The van der Waals surface area contributed by atoms with Gasteiger partial charge in [0.25, 0.3) is 0 Å². The van der Waals surface area contributed by atoms with E-state index >= 15 is 0 Å². The molecule has 3 aromatic rings. The van der Waals surface area contributed by atoms with Gasteiger partial charge in [0.1, 0.15) is 23.6 Å². The molecule has 0 saturated heterocycles. The van der Waals surface area contributed by atoms with Gasteiger partial charge in [0, 0.05) is 25.3 Å². The molecule has 0 aliphatic carbocycles. The zero-order chi connectivity index (χ0) is 16.6. The van der Waals surface area contributed by atoms with E-state index in [-0.39, 0.29) is 11.9 Å². The molecule has 0 aliphatic heterocycles. The molecule has 0 aliphatic rings. The number of benzene rings is 1. The van der Waals surface area contributed by atoms with Crippen molar-refractivity contribution in [1.82, 2.24) is 15.0 Å². The predicted molar refractivity (Wildman–Crippen MR) is 99.4 cm³/mol. The average Bonchev–Trinajstić information content (AvgIpc) is 2.88. The number of hydrogen-bond acceptors (Lipinski definition) is 4. The number of nitrogens with one attached hydrogen (secondary N) is 2. The van der Waals surface area contributed by atoms with Gasteiger partial charge in [-0.3, -0.25) is 0 Å². The highest BCUT2D eigenvalue weighted by Crippen LogP contribution is 2.30. The number of aromatic amines is 1. The van der Waals surface area contributed by atoms with E-state index < -0.39 is 0 Å². The van der Waals surface area contributed by atoms with Crippen molar-refractivity contribution >= 4 is 45.1 Å². The van der Waals surface area contributed by atoms with Crippen LogP contribution >= 0.6 is 22.6 Å². The van der Waals surface area contributed by atoms with E-state index in [0.717, 1.165) is 31.8 Å². The number of halogens is 2. The zero-order valence-electron chi connectivity index (χ0n) is 13.1. The van der Waals surface area contributed by atoms with E-state index in [0.29, 0.717) is 0 Å². The molecule has 0 bridgehead atoms. The van der Waals surface area contributed by atoms with Crippen LogP contribution in [0.1, 0.15) is 18.5 Å². The largest absolute Gasteiger partial charge is 0.377 e. The second-order valence-corrected chi connectivity index (χ2v) is 6.73. The van der Waals surface area contributed by atoms with Gasteiger partial charge in [-0.05, 0) is 53.8 Å². The molecule has 2 N–H and O–H groups in total. The Kier molecular flexibility index (Phi) is 4.38. The van der Waals surface area contributed by atoms with Gasteiger partial charge >= 0.3 is 0 Å². The van der Waals surface area contributed by atoms with E-state index in [9.17, 15) is 4.39 Å². The monoisotopic (exact) mass is 425 g/mol. The third-order valence-corrected chi connectivity index (χ3v) is 4.26. The minimum atomic E-state index is -0.247. The summed E-state index contributed by atoms with van der Waals surface area (Å²) < 4.78 is 14.7. The molecule has 120 valence electrons. The molecule has 1 aromatic carbocycles. The first kappa shape index (κ1) is 16.0. The Morgan fingerprint density at radius 2 is 2.04 bits per heavy atom. The Morgan fingerprint density at radius 3 is 2.78 bits per heavy atom. The molecular weight excluding hydrogens is 408 g/mol. The Balaban J connectivity index is 1.98. The quantitative estimate of drug-likeness (QED) is 0.622. The van der Waals surface area contributed by atoms with Crippen molar-refractivity contribution in [3.8, 4) is 0 Å². The van der Waals surface area contributed by atoms with Gasteiger partial charge in [0.2, 0.25) is 0 Å². The van der Waals surface area contributed by atoms with Gasteiger partial charge in [0.15, 0.2) is 0 Å². The van der Waals surface area contributed by atoms with Crippen molar-refractivity contribution in [3.63, 3.8) is 0 Å². The van der Waals surface area contributed by atoms with Crippen LogP contribution in [-0.4, -0.2) is 29.0 Å². The molecule has 0 saturated carbocycles. The summed E-state index contributed by atoms with van der Waals surface area (Å²) >= 11 is 2.21. The van der Waals surface area contributed by atoms with Gasteiger partial charge in [0.05, 0.1) is 15.1 Å². The van der Waals surface area contributed by atoms with E-state index in [1.165, 1.54) is 12.4 Å². The summed E-state index contributed by atoms with van der Waals surface area (Å²) in [5.41, 5.74) is 2.64. The molecule has 2 heterocycles. The van der Waals surface area contributed by atoms with E-state index in [4.69, 9.17) is 0 Å². The number of fused-ring (bicyclic) bond motifs is 1. The minimum Gasteiger partial charge on any atom is -0.377 e. The SMILES string of the molecule is CC(Nc1ncnc2[nH]c(I)cc12)c1cc(F)ccc1N(C)C. The fourth-order valence-corrected chi connectivity index (χ4v) is 3.15. The summed E-state index contributed by atoms with van der Waals surface area (Å²) in [5.74, 6) is 0.485. The molecule has 2 aromatic heterocycles. The van der Waals surface area contributed by atoms with Crippen molar-refractivity contribution in [3.05, 3.63) is 45.7 Å². The van der Waals surface area contributed by atoms with Crippen LogP contribution in [0.15, 0.2) is 30.6 Å². The van der Waals surface area contributed by atoms with Crippen LogP contribution in [0.4, 0.5) is 15.9 Å². The molecule has 1 unspecified atom stereocenters. The summed E-state index contributed by atoms with van der Waals surface area (Å²) in [7, 11) is 3.89. The smallest absolute Gasteiger partial charge is 0.143 e. The molecule has 1 atom stereocenters. The van der Waals surface area contributed by atoms with Crippen molar-refractivity contribution in [2.75, 3.05) is 24.3 Å². The molecule has 0 amide bonds. The molecule has 0 fully saturated rings. The number of H-pyrrole nitrogens is 1. The Bertz CT molecular complexity index is 846. The highest BCUT2D eigenvalue weighted by atomic mass is 127. The summed E-state index contributed by atoms with van der Waals surface area (Å²) in [5, 5.41) is 4.29. The maximum Gasteiger partial charge on any atom is 0.143 e.